The van der Waals surface area contributed by atoms with Gasteiger partial charge in [0.25, 0.3) is 0 Å². The molecule has 146 valence electrons. The smallest absolute Gasteiger partial charge is 0.229 e. The van der Waals surface area contributed by atoms with Gasteiger partial charge >= 0.3 is 0 Å². The number of rotatable bonds is 6. The van der Waals surface area contributed by atoms with Crippen LogP contribution in [0.5, 0.6) is 5.88 Å². The van der Waals surface area contributed by atoms with E-state index in [1.54, 1.807) is 32.4 Å². The third kappa shape index (κ3) is 4.10. The number of hydrogen-bond donors (Lipinski definition) is 3. The van der Waals surface area contributed by atoms with E-state index in [0.29, 0.717) is 30.4 Å². The molecule has 8 nitrogen and oxygen atoms in total. The van der Waals surface area contributed by atoms with Crippen molar-refractivity contribution in [3.05, 3.63) is 23.9 Å². The van der Waals surface area contributed by atoms with Crippen molar-refractivity contribution in [2.24, 2.45) is 10.5 Å². The lowest BCUT2D eigenvalue weighted by Crippen LogP contribution is -2.54. The molecule has 1 aromatic rings. The summed E-state index contributed by atoms with van der Waals surface area (Å²) in [6.07, 6.45) is 3.71. The molecule has 3 heterocycles. The van der Waals surface area contributed by atoms with Crippen LogP contribution in [0.2, 0.25) is 0 Å². The van der Waals surface area contributed by atoms with Crippen molar-refractivity contribution in [3.63, 3.8) is 0 Å². The molecule has 2 saturated heterocycles. The van der Waals surface area contributed by atoms with Gasteiger partial charge in [0.05, 0.1) is 24.8 Å². The minimum atomic E-state index is -0.245. The Morgan fingerprint density at radius 3 is 2.89 bits per heavy atom. The van der Waals surface area contributed by atoms with Crippen LogP contribution in [0, 0.1) is 10.8 Å². The van der Waals surface area contributed by atoms with E-state index in [1.807, 2.05) is 4.90 Å². The number of hydrazone groups is 1. The van der Waals surface area contributed by atoms with E-state index >= 15 is 0 Å². The lowest BCUT2D eigenvalue weighted by molar-refractivity contribution is -0.147. The largest absolute Gasteiger partial charge is 0.481 e. The maximum Gasteiger partial charge on any atom is 0.229 e. The van der Waals surface area contributed by atoms with Gasteiger partial charge in [-0.3, -0.25) is 10.2 Å². The topological polar surface area (TPSA) is 103 Å². The number of carbonyl (C=O) groups excluding carboxylic acids is 1. The lowest BCUT2D eigenvalue weighted by atomic mass is 9.72. The molecule has 2 aliphatic heterocycles. The number of nitrogens with one attached hydrogen (secondary N) is 3. The maximum absolute atomic E-state index is 13.2. The van der Waals surface area contributed by atoms with Crippen molar-refractivity contribution in [2.45, 2.75) is 25.7 Å². The summed E-state index contributed by atoms with van der Waals surface area (Å²) in [5, 5.41) is 16.2. The Bertz CT molecular complexity index is 721. The maximum atomic E-state index is 13.2. The molecule has 1 spiro atoms. The van der Waals surface area contributed by atoms with Crippen LogP contribution >= 0.6 is 0 Å². The summed E-state index contributed by atoms with van der Waals surface area (Å²) >= 11 is 0. The number of ether oxygens (including phenoxy) is 1. The molecule has 0 aromatic carbocycles. The van der Waals surface area contributed by atoms with Gasteiger partial charge in [-0.2, -0.15) is 5.10 Å². The Morgan fingerprint density at radius 1 is 1.41 bits per heavy atom. The van der Waals surface area contributed by atoms with Gasteiger partial charge < -0.3 is 20.4 Å². The Labute approximate surface area is 159 Å². The Hall–Kier alpha value is -2.48. The highest BCUT2D eigenvalue weighted by molar-refractivity contribution is 6.47. The van der Waals surface area contributed by atoms with Crippen LogP contribution in [0.25, 0.3) is 0 Å². The highest BCUT2D eigenvalue weighted by Gasteiger charge is 2.44. The van der Waals surface area contributed by atoms with Crippen molar-refractivity contribution in [3.8, 4) is 5.88 Å². The zero-order valence-electron chi connectivity index (χ0n) is 16.0. The van der Waals surface area contributed by atoms with Crippen molar-refractivity contribution >= 4 is 17.3 Å². The molecule has 0 atom stereocenters. The summed E-state index contributed by atoms with van der Waals surface area (Å²) in [6.45, 7) is 2.79. The van der Waals surface area contributed by atoms with E-state index in [2.05, 4.69) is 20.8 Å². The van der Waals surface area contributed by atoms with Gasteiger partial charge in [0, 0.05) is 19.7 Å². The first kappa shape index (κ1) is 19.3. The van der Waals surface area contributed by atoms with Gasteiger partial charge in [-0.1, -0.05) is 6.07 Å². The average Bonchev–Trinajstić information content (AvgIpc) is 2.71. The second-order valence-corrected chi connectivity index (χ2v) is 7.08. The summed E-state index contributed by atoms with van der Waals surface area (Å²) in [4.78, 5) is 19.4. The zero-order chi connectivity index (χ0) is 19.3. The second kappa shape index (κ2) is 8.47. The van der Waals surface area contributed by atoms with Crippen molar-refractivity contribution in [2.75, 3.05) is 40.3 Å². The van der Waals surface area contributed by atoms with Crippen LogP contribution in [0.3, 0.4) is 0 Å². The first-order chi connectivity index (χ1) is 13.1. The van der Waals surface area contributed by atoms with Crippen molar-refractivity contribution in [1.29, 1.82) is 5.41 Å². The zero-order valence-corrected chi connectivity index (χ0v) is 16.0. The molecule has 0 aliphatic carbocycles. The van der Waals surface area contributed by atoms with Crippen LogP contribution in [0.15, 0.2) is 23.3 Å². The summed E-state index contributed by atoms with van der Waals surface area (Å²) in [6, 6.07) is 5.28. The first-order valence-electron chi connectivity index (χ1n) is 9.43. The monoisotopic (exact) mass is 372 g/mol. The molecule has 2 aliphatic rings. The van der Waals surface area contributed by atoms with E-state index in [9.17, 15) is 4.79 Å². The van der Waals surface area contributed by atoms with Crippen molar-refractivity contribution < 1.29 is 9.53 Å². The van der Waals surface area contributed by atoms with E-state index in [4.69, 9.17) is 10.1 Å². The summed E-state index contributed by atoms with van der Waals surface area (Å²) in [7, 11) is 3.24. The van der Waals surface area contributed by atoms with Gasteiger partial charge in [0.2, 0.25) is 11.8 Å². The van der Waals surface area contributed by atoms with Crippen LogP contribution in [0.4, 0.5) is 0 Å². The van der Waals surface area contributed by atoms with Gasteiger partial charge in [0.15, 0.2) is 0 Å². The molecule has 0 radical (unpaired) electrons. The molecule has 3 rings (SSSR count). The van der Waals surface area contributed by atoms with Crippen LogP contribution in [-0.2, 0) is 4.79 Å². The SMILES string of the molecule is CN/N=C(/CN1CCCC2(CCNCC2)C1=O)C(=N)c1cccc(OC)n1. The lowest BCUT2D eigenvalue weighted by Gasteiger charge is -2.44. The molecule has 8 heteroatoms. The Balaban J connectivity index is 1.78. The average molecular weight is 372 g/mol. The number of pyridine rings is 1. The summed E-state index contributed by atoms with van der Waals surface area (Å²) in [5.41, 5.74) is 3.69. The van der Waals surface area contributed by atoms with E-state index in [-0.39, 0.29) is 17.0 Å². The first-order valence-corrected chi connectivity index (χ1v) is 9.43. The number of hydrogen-bond acceptors (Lipinski definition) is 7. The number of piperidine rings is 2. The third-order valence-corrected chi connectivity index (χ3v) is 5.45. The molecule has 27 heavy (non-hydrogen) atoms. The summed E-state index contributed by atoms with van der Waals surface area (Å²) in [5.74, 6) is 0.647. The van der Waals surface area contributed by atoms with Gasteiger partial charge in [-0.25, -0.2) is 4.98 Å². The Morgan fingerprint density at radius 2 is 2.19 bits per heavy atom. The minimum Gasteiger partial charge on any atom is -0.481 e. The van der Waals surface area contributed by atoms with Crippen LogP contribution < -0.4 is 15.5 Å². The van der Waals surface area contributed by atoms with Crippen LogP contribution in [-0.4, -0.2) is 67.6 Å². The van der Waals surface area contributed by atoms with Gasteiger partial charge in [0.1, 0.15) is 11.4 Å². The number of likely N-dealkylation sites (tertiary alicyclic amines) is 1. The fourth-order valence-corrected chi connectivity index (χ4v) is 3.97. The quantitative estimate of drug-likeness (QED) is 0.511. The number of nitrogens with zero attached hydrogens (tertiary/aromatic N) is 3. The van der Waals surface area contributed by atoms with E-state index in [0.717, 1.165) is 38.8 Å². The molecule has 0 bridgehead atoms. The molecule has 3 N–H and O–H groups in total. The predicted molar refractivity (Wildman–Crippen MR) is 104 cm³/mol. The van der Waals surface area contributed by atoms with Gasteiger partial charge in [-0.05, 0) is 44.8 Å². The predicted octanol–water partition coefficient (Wildman–Crippen LogP) is 1.03. The molecule has 0 unspecified atom stereocenters. The summed E-state index contributed by atoms with van der Waals surface area (Å²) < 4.78 is 5.15. The third-order valence-electron chi connectivity index (χ3n) is 5.45. The number of aromatic nitrogens is 1. The number of methoxy groups -OCH3 is 1. The second-order valence-electron chi connectivity index (χ2n) is 7.08. The van der Waals surface area contributed by atoms with Gasteiger partial charge in [-0.15, -0.1) is 0 Å². The van der Waals surface area contributed by atoms with E-state index in [1.165, 1.54) is 0 Å². The highest BCUT2D eigenvalue weighted by atomic mass is 16.5. The molecule has 1 amide bonds. The molecule has 1 aromatic heterocycles. The number of amides is 1. The fourth-order valence-electron chi connectivity index (χ4n) is 3.97. The molecule has 2 fully saturated rings. The van der Waals surface area contributed by atoms with Crippen molar-refractivity contribution in [1.82, 2.24) is 20.6 Å². The fraction of sp³-hybridized carbons (Fsp3) is 0.579. The van der Waals surface area contributed by atoms with E-state index < -0.39 is 0 Å². The number of carbonyl (C=O) groups is 1. The Kier molecular flexibility index (Phi) is 6.05. The normalized spacial score (nSPS) is 19.9. The minimum absolute atomic E-state index is 0.195. The molecular formula is C19H28N6O2. The molecule has 0 saturated carbocycles. The molecular weight excluding hydrogens is 344 g/mol. The van der Waals surface area contributed by atoms with Crippen LogP contribution in [0.1, 0.15) is 31.4 Å². The standard InChI is InChI=1S/C19H28N6O2/c1-21-24-15(17(20)14-5-3-6-16(23-14)27-2)13-25-12-4-7-19(18(25)26)8-10-22-11-9-19/h3,5-6,20-22H,4,7-13H2,1-2H3/b20-17?,24-15-. The highest BCUT2D eigenvalue weighted by Crippen LogP contribution is 2.39.